The minimum absolute atomic E-state index is 0.178. The van der Waals surface area contributed by atoms with Crippen molar-refractivity contribution in [2.75, 3.05) is 43.9 Å². The lowest BCUT2D eigenvalue weighted by Crippen LogP contribution is -2.60. The van der Waals surface area contributed by atoms with Crippen LogP contribution in [0.25, 0.3) is 11.3 Å². The Morgan fingerprint density at radius 2 is 1.61 bits per heavy atom. The molecule has 0 atom stereocenters. The molecule has 194 valence electrons. The van der Waals surface area contributed by atoms with E-state index in [0.29, 0.717) is 0 Å². The molecular formula is C26H31ClF3N5O. The van der Waals surface area contributed by atoms with E-state index in [1.54, 1.807) is 12.1 Å². The lowest BCUT2D eigenvalue weighted by atomic mass is 9.54. The van der Waals surface area contributed by atoms with E-state index in [9.17, 15) is 13.2 Å². The van der Waals surface area contributed by atoms with Gasteiger partial charge in [0.1, 0.15) is 16.5 Å². The number of nitrogens with zero attached hydrogens (tertiary/aromatic N) is 4. The monoisotopic (exact) mass is 521 g/mol. The van der Waals surface area contributed by atoms with Gasteiger partial charge in [0.2, 0.25) is 5.95 Å². The van der Waals surface area contributed by atoms with Gasteiger partial charge >= 0.3 is 6.18 Å². The number of benzene rings is 1. The van der Waals surface area contributed by atoms with E-state index in [2.05, 4.69) is 19.8 Å². The number of nitrogens with two attached hydrogens (primary N) is 1. The molecule has 5 fully saturated rings. The Morgan fingerprint density at radius 3 is 2.19 bits per heavy atom. The predicted molar refractivity (Wildman–Crippen MR) is 133 cm³/mol. The van der Waals surface area contributed by atoms with Gasteiger partial charge in [-0.3, -0.25) is 4.90 Å². The molecular weight excluding hydrogens is 491 g/mol. The van der Waals surface area contributed by atoms with Crippen LogP contribution in [0.3, 0.4) is 0 Å². The van der Waals surface area contributed by atoms with Crippen LogP contribution in [-0.4, -0.2) is 54.2 Å². The number of piperazine rings is 1. The second-order valence-electron chi connectivity index (χ2n) is 10.9. The van der Waals surface area contributed by atoms with Crippen molar-refractivity contribution in [3.05, 3.63) is 28.9 Å². The number of hydrogen-bond donors (Lipinski definition) is 1. The fraction of sp³-hybridized carbons (Fsp3) is 0.615. The molecule has 36 heavy (non-hydrogen) atoms. The molecule has 4 bridgehead atoms. The van der Waals surface area contributed by atoms with Gasteiger partial charge in [-0.2, -0.15) is 13.2 Å². The highest BCUT2D eigenvalue weighted by Gasteiger charge is 2.50. The molecule has 0 radical (unpaired) electrons. The third-order valence-electron chi connectivity index (χ3n) is 8.88. The van der Waals surface area contributed by atoms with Crippen molar-refractivity contribution in [1.29, 1.82) is 0 Å². The van der Waals surface area contributed by atoms with E-state index in [-0.39, 0.29) is 23.0 Å². The zero-order valence-electron chi connectivity index (χ0n) is 20.3. The molecule has 0 spiro atoms. The lowest BCUT2D eigenvalue weighted by molar-refractivity contribution is -0.137. The van der Waals surface area contributed by atoms with E-state index >= 15 is 0 Å². The molecule has 2 aromatic rings. The Bertz CT molecular complexity index is 1120. The fourth-order valence-corrected chi connectivity index (χ4v) is 8.02. The molecule has 5 aliphatic rings. The molecule has 1 aromatic heterocycles. The van der Waals surface area contributed by atoms with Gasteiger partial charge in [0.25, 0.3) is 0 Å². The van der Waals surface area contributed by atoms with E-state index in [4.69, 9.17) is 22.1 Å². The Morgan fingerprint density at radius 1 is 0.972 bits per heavy atom. The third-order valence-corrected chi connectivity index (χ3v) is 9.16. The zero-order valence-corrected chi connectivity index (χ0v) is 21.0. The smallest absolute Gasteiger partial charge is 0.421 e. The normalized spacial score (nSPS) is 30.1. The van der Waals surface area contributed by atoms with Crippen molar-refractivity contribution in [2.45, 2.75) is 44.3 Å². The first kappa shape index (κ1) is 24.1. The molecule has 2 heterocycles. The lowest BCUT2D eigenvalue weighted by Gasteiger charge is -2.58. The first-order valence-corrected chi connectivity index (χ1v) is 13.2. The van der Waals surface area contributed by atoms with Crippen LogP contribution in [-0.2, 0) is 6.18 Å². The van der Waals surface area contributed by atoms with Gasteiger partial charge < -0.3 is 15.4 Å². The minimum Gasteiger partial charge on any atom is -0.496 e. The van der Waals surface area contributed by atoms with Crippen molar-refractivity contribution in [3.63, 3.8) is 0 Å². The molecule has 1 saturated heterocycles. The predicted octanol–water partition coefficient (Wildman–Crippen LogP) is 5.35. The molecule has 0 amide bonds. The summed E-state index contributed by atoms with van der Waals surface area (Å²) in [7, 11) is 1.44. The van der Waals surface area contributed by atoms with E-state index in [1.165, 1.54) is 39.2 Å². The van der Waals surface area contributed by atoms with Crippen LogP contribution in [0.5, 0.6) is 5.75 Å². The van der Waals surface area contributed by atoms with Crippen LogP contribution in [0, 0.1) is 23.7 Å². The summed E-state index contributed by atoms with van der Waals surface area (Å²) >= 11 is 5.84. The van der Waals surface area contributed by atoms with Gasteiger partial charge in [0.15, 0.2) is 0 Å². The summed E-state index contributed by atoms with van der Waals surface area (Å²) in [5.74, 6) is 3.62. The number of halogens is 4. The van der Waals surface area contributed by atoms with Crippen LogP contribution in [0.2, 0.25) is 5.15 Å². The van der Waals surface area contributed by atoms with Crippen LogP contribution in [0.1, 0.15) is 37.7 Å². The highest BCUT2D eigenvalue weighted by Crippen LogP contribution is 2.55. The quantitative estimate of drug-likeness (QED) is 0.547. The number of aromatic nitrogens is 2. The Hall–Kier alpha value is -2.26. The first-order valence-electron chi connectivity index (χ1n) is 12.8. The summed E-state index contributed by atoms with van der Waals surface area (Å²) in [6.07, 6.45) is 2.37. The van der Waals surface area contributed by atoms with Crippen molar-refractivity contribution in [1.82, 2.24) is 14.9 Å². The van der Waals surface area contributed by atoms with Crippen molar-refractivity contribution in [3.8, 4) is 17.0 Å². The number of anilines is 2. The summed E-state index contributed by atoms with van der Waals surface area (Å²) in [6.45, 7) is 3.78. The number of rotatable bonds is 4. The Balaban J connectivity index is 1.21. The second-order valence-corrected chi connectivity index (χ2v) is 11.3. The summed E-state index contributed by atoms with van der Waals surface area (Å²) in [5.41, 5.74) is 5.24. The van der Waals surface area contributed by atoms with Gasteiger partial charge in [-0.25, -0.2) is 9.97 Å². The van der Waals surface area contributed by atoms with Gasteiger partial charge in [-0.05, 0) is 67.9 Å². The third kappa shape index (κ3) is 4.18. The molecule has 0 unspecified atom stereocenters. The van der Waals surface area contributed by atoms with Crippen molar-refractivity contribution >= 4 is 23.2 Å². The average molecular weight is 522 g/mol. The first-order chi connectivity index (χ1) is 17.2. The summed E-state index contributed by atoms with van der Waals surface area (Å²) in [5, 5.41) is -0.725. The van der Waals surface area contributed by atoms with Gasteiger partial charge in [-0.15, -0.1) is 0 Å². The number of nitrogen functional groups attached to an aromatic ring is 1. The summed E-state index contributed by atoms with van der Waals surface area (Å²) in [4.78, 5) is 12.4. The van der Waals surface area contributed by atoms with Crippen LogP contribution >= 0.6 is 11.6 Å². The van der Waals surface area contributed by atoms with Gasteiger partial charge in [-0.1, -0.05) is 11.6 Å². The maximum atomic E-state index is 13.8. The number of hydrogen-bond acceptors (Lipinski definition) is 6. The Labute approximate surface area is 214 Å². The van der Waals surface area contributed by atoms with Crippen molar-refractivity contribution < 1.29 is 17.9 Å². The summed E-state index contributed by atoms with van der Waals surface area (Å²) in [6, 6.07) is 5.93. The highest BCUT2D eigenvalue weighted by atomic mass is 35.5. The molecule has 4 saturated carbocycles. The standard InChI is InChI=1S/C26H31ClF3N5O/c1-36-20-13-18(2-3-19(20)22-21(26(28,29)30)24(27)33-25(31)32-22)34-4-6-35(7-5-34)23-16-9-14-8-15(11-16)12-17(23)10-14/h2-3,13-17,23H,4-12H2,1H3,(H2,31,32,33). The molecule has 1 aromatic carbocycles. The number of alkyl halides is 3. The average Bonchev–Trinajstić information content (AvgIpc) is 2.82. The zero-order chi connectivity index (χ0) is 25.2. The molecule has 4 aliphatic carbocycles. The van der Waals surface area contributed by atoms with E-state index in [1.807, 2.05) is 6.07 Å². The number of ether oxygens (including phenoxy) is 1. The molecule has 6 nitrogen and oxygen atoms in total. The van der Waals surface area contributed by atoms with Crippen LogP contribution in [0.4, 0.5) is 24.8 Å². The molecule has 2 N–H and O–H groups in total. The highest BCUT2D eigenvalue weighted by molar-refractivity contribution is 6.30. The molecule has 10 heteroatoms. The van der Waals surface area contributed by atoms with Crippen molar-refractivity contribution in [2.24, 2.45) is 23.7 Å². The Kier molecular flexibility index (Phi) is 5.98. The van der Waals surface area contributed by atoms with Crippen LogP contribution < -0.4 is 15.4 Å². The topological polar surface area (TPSA) is 67.5 Å². The van der Waals surface area contributed by atoms with Gasteiger partial charge in [0.05, 0.1) is 12.8 Å². The molecule has 1 aliphatic heterocycles. The maximum absolute atomic E-state index is 13.8. The largest absolute Gasteiger partial charge is 0.496 e. The minimum atomic E-state index is -4.74. The van der Waals surface area contributed by atoms with E-state index < -0.39 is 16.9 Å². The van der Waals surface area contributed by atoms with E-state index in [0.717, 1.165) is 61.6 Å². The second kappa shape index (κ2) is 8.94. The SMILES string of the molecule is COc1cc(N2CCN(C3C4CC5CC(C4)CC3C5)CC2)ccc1-c1nc(N)nc(Cl)c1C(F)(F)F. The maximum Gasteiger partial charge on any atom is 0.421 e. The van der Waals surface area contributed by atoms with Gasteiger partial charge in [0, 0.05) is 49.5 Å². The fourth-order valence-electron chi connectivity index (χ4n) is 7.74. The molecule has 7 rings (SSSR count). The summed E-state index contributed by atoms with van der Waals surface area (Å²) < 4.78 is 46.8. The van der Waals surface area contributed by atoms with Crippen LogP contribution in [0.15, 0.2) is 18.2 Å². The number of methoxy groups -OCH3 is 1.